The summed E-state index contributed by atoms with van der Waals surface area (Å²) >= 11 is 0. The van der Waals surface area contributed by atoms with Crippen LogP contribution in [0.25, 0.3) is 28.1 Å². The number of aromatic nitrogens is 6. The Morgan fingerprint density at radius 3 is 2.54 bits per heavy atom. The number of para-hydroxylation sites is 2. The van der Waals surface area contributed by atoms with Gasteiger partial charge in [-0.25, -0.2) is 9.97 Å². The number of ether oxygens (including phenoxy) is 1. The molecule has 2 saturated heterocycles. The van der Waals surface area contributed by atoms with Gasteiger partial charge in [-0.2, -0.15) is 9.97 Å². The van der Waals surface area contributed by atoms with Crippen molar-refractivity contribution in [1.82, 2.24) is 34.0 Å². The third-order valence-corrected chi connectivity index (χ3v) is 8.58. The van der Waals surface area contributed by atoms with Crippen molar-refractivity contribution in [2.45, 2.75) is 57.6 Å². The molecule has 12 nitrogen and oxygen atoms in total. The van der Waals surface area contributed by atoms with E-state index in [1.807, 2.05) is 45.3 Å². The lowest BCUT2D eigenvalue weighted by molar-refractivity contribution is -0.134. The minimum absolute atomic E-state index is 0.137. The van der Waals surface area contributed by atoms with E-state index in [1.54, 1.807) is 13.8 Å². The Balaban J connectivity index is 1.55. The first-order valence-electron chi connectivity index (χ1n) is 14.3. The van der Waals surface area contributed by atoms with Gasteiger partial charge in [0.15, 0.2) is 17.0 Å². The normalized spacial score (nSPS) is 20.9. The molecular formula is C29H39N9O3. The number of benzene rings is 1. The Morgan fingerprint density at radius 2 is 1.83 bits per heavy atom. The Kier molecular flexibility index (Phi) is 6.74. The van der Waals surface area contributed by atoms with Gasteiger partial charge in [-0.05, 0) is 45.4 Å². The van der Waals surface area contributed by atoms with Gasteiger partial charge >= 0.3 is 0 Å². The molecule has 3 aromatic heterocycles. The van der Waals surface area contributed by atoms with E-state index in [0.717, 1.165) is 16.9 Å². The topological polar surface area (TPSA) is 140 Å². The zero-order valence-corrected chi connectivity index (χ0v) is 24.5. The largest absolute Gasteiger partial charge is 0.381 e. The number of hydrogen-bond donors (Lipinski definition) is 2. The van der Waals surface area contributed by atoms with Crippen LogP contribution in [0.15, 0.2) is 24.3 Å². The Bertz CT molecular complexity index is 1620. The predicted molar refractivity (Wildman–Crippen MR) is 156 cm³/mol. The van der Waals surface area contributed by atoms with Crippen molar-refractivity contribution >= 4 is 33.9 Å². The number of piperidine rings is 1. The Labute approximate surface area is 239 Å². The van der Waals surface area contributed by atoms with Gasteiger partial charge in [0.2, 0.25) is 11.9 Å². The van der Waals surface area contributed by atoms with Crippen LogP contribution in [0, 0.1) is 0 Å². The molecule has 0 radical (unpaired) electrons. The number of nitrogens with zero attached hydrogens (tertiary/aromatic N) is 8. The summed E-state index contributed by atoms with van der Waals surface area (Å²) in [6.07, 6.45) is 1.20. The molecule has 2 fully saturated rings. The van der Waals surface area contributed by atoms with Gasteiger partial charge in [0.25, 0.3) is 0 Å². The number of nitrogens with two attached hydrogens (primary N) is 1. The molecule has 2 aliphatic heterocycles. The van der Waals surface area contributed by atoms with Gasteiger partial charge in [-0.15, -0.1) is 0 Å². The molecule has 4 aromatic rings. The predicted octanol–water partition coefficient (Wildman–Crippen LogP) is 2.21. The maximum Gasteiger partial charge on any atom is 0.239 e. The lowest BCUT2D eigenvalue weighted by atomic mass is 9.88. The van der Waals surface area contributed by atoms with E-state index in [4.69, 9.17) is 30.4 Å². The Hall–Kier alpha value is -3.61. The second kappa shape index (κ2) is 10.0. The SMILES string of the molecule is CC(C)c1nc2ccccc2n1-c1nc(N2CCOCC2)c2nc(C3(O)CCCN(C(C)(C)C(N)=O)C3)n(C)c2n1. The van der Waals surface area contributed by atoms with Gasteiger partial charge < -0.3 is 25.0 Å². The van der Waals surface area contributed by atoms with E-state index in [1.165, 1.54) is 0 Å². The van der Waals surface area contributed by atoms with Crippen LogP contribution in [-0.2, 0) is 22.2 Å². The number of rotatable bonds is 6. The third kappa shape index (κ3) is 4.54. The summed E-state index contributed by atoms with van der Waals surface area (Å²) in [5.74, 6) is 2.30. The number of carbonyl (C=O) groups excluding carboxylic acids is 1. The van der Waals surface area contributed by atoms with E-state index >= 15 is 0 Å². The van der Waals surface area contributed by atoms with Gasteiger partial charge in [0, 0.05) is 32.6 Å². The molecule has 0 saturated carbocycles. The van der Waals surface area contributed by atoms with E-state index in [9.17, 15) is 9.90 Å². The molecule has 0 bridgehead atoms. The first kappa shape index (κ1) is 27.6. The summed E-state index contributed by atoms with van der Waals surface area (Å²) in [6.45, 7) is 11.2. The zero-order chi connectivity index (χ0) is 29.1. The van der Waals surface area contributed by atoms with Crippen molar-refractivity contribution in [3.05, 3.63) is 35.9 Å². The number of morpholine rings is 1. The van der Waals surface area contributed by atoms with Crippen LogP contribution in [-0.4, -0.2) is 89.9 Å². The number of fused-ring (bicyclic) bond motifs is 2. The number of aliphatic hydroxyl groups is 1. The smallest absolute Gasteiger partial charge is 0.239 e. The van der Waals surface area contributed by atoms with Crippen LogP contribution in [0.5, 0.6) is 0 Å². The quantitative estimate of drug-likeness (QED) is 0.362. The van der Waals surface area contributed by atoms with Gasteiger partial charge in [0.1, 0.15) is 17.2 Å². The molecular weight excluding hydrogens is 522 g/mol. The maximum absolute atomic E-state index is 12.3. The van der Waals surface area contributed by atoms with E-state index < -0.39 is 17.0 Å². The number of primary amides is 1. The monoisotopic (exact) mass is 561 g/mol. The lowest BCUT2D eigenvalue weighted by Crippen LogP contribution is -2.60. The van der Waals surface area contributed by atoms with Crippen molar-refractivity contribution in [2.24, 2.45) is 12.8 Å². The second-order valence-electron chi connectivity index (χ2n) is 12.0. The fourth-order valence-corrected chi connectivity index (χ4v) is 6.04. The van der Waals surface area contributed by atoms with E-state index in [0.29, 0.717) is 74.4 Å². The number of imidazole rings is 2. The lowest BCUT2D eigenvalue weighted by Gasteiger charge is -2.45. The fraction of sp³-hybridized carbons (Fsp3) is 0.552. The number of carbonyl (C=O) groups is 1. The molecule has 12 heteroatoms. The van der Waals surface area contributed by atoms with Gasteiger partial charge in [-0.1, -0.05) is 26.0 Å². The molecule has 2 aliphatic rings. The summed E-state index contributed by atoms with van der Waals surface area (Å²) in [7, 11) is 1.88. The van der Waals surface area contributed by atoms with Crippen molar-refractivity contribution in [3.8, 4) is 5.95 Å². The molecule has 1 unspecified atom stereocenters. The van der Waals surface area contributed by atoms with Crippen LogP contribution in [0.1, 0.15) is 58.1 Å². The van der Waals surface area contributed by atoms with Crippen molar-refractivity contribution < 1.29 is 14.6 Å². The highest BCUT2D eigenvalue weighted by atomic mass is 16.5. The maximum atomic E-state index is 12.3. The number of likely N-dealkylation sites (tertiary alicyclic amines) is 1. The van der Waals surface area contributed by atoms with Gasteiger partial charge in [-0.3, -0.25) is 14.3 Å². The van der Waals surface area contributed by atoms with Crippen LogP contribution in [0.4, 0.5) is 5.82 Å². The highest BCUT2D eigenvalue weighted by molar-refractivity contribution is 5.86. The number of hydrogen-bond acceptors (Lipinski definition) is 9. The Morgan fingerprint density at radius 1 is 1.10 bits per heavy atom. The zero-order valence-electron chi connectivity index (χ0n) is 24.5. The van der Waals surface area contributed by atoms with Crippen LogP contribution >= 0.6 is 0 Å². The molecule has 1 amide bonds. The third-order valence-electron chi connectivity index (χ3n) is 8.58. The minimum Gasteiger partial charge on any atom is -0.381 e. The average molecular weight is 562 g/mol. The number of β-amino-alcohol motifs (C(OH)–C–C–N with tert-alkyl or cyclic N) is 1. The minimum atomic E-state index is -1.30. The fourth-order valence-electron chi connectivity index (χ4n) is 6.04. The van der Waals surface area contributed by atoms with E-state index in [2.05, 4.69) is 18.7 Å². The van der Waals surface area contributed by atoms with Crippen molar-refractivity contribution in [2.75, 3.05) is 44.3 Å². The molecule has 6 rings (SSSR count). The average Bonchev–Trinajstić information content (AvgIpc) is 3.52. The molecule has 1 atom stereocenters. The van der Waals surface area contributed by atoms with Crippen molar-refractivity contribution in [1.29, 1.82) is 0 Å². The molecule has 0 spiro atoms. The second-order valence-corrected chi connectivity index (χ2v) is 12.0. The number of aryl methyl sites for hydroxylation is 1. The summed E-state index contributed by atoms with van der Waals surface area (Å²) in [5, 5.41) is 12.1. The van der Waals surface area contributed by atoms with Crippen LogP contribution < -0.4 is 10.6 Å². The molecule has 3 N–H and O–H groups in total. The molecule has 1 aromatic carbocycles. The number of anilines is 1. The van der Waals surface area contributed by atoms with Crippen LogP contribution in [0.3, 0.4) is 0 Å². The van der Waals surface area contributed by atoms with Crippen molar-refractivity contribution in [3.63, 3.8) is 0 Å². The van der Waals surface area contributed by atoms with Gasteiger partial charge in [0.05, 0.1) is 29.8 Å². The highest BCUT2D eigenvalue weighted by Gasteiger charge is 2.45. The first-order chi connectivity index (χ1) is 19.5. The molecule has 218 valence electrons. The molecule has 5 heterocycles. The summed E-state index contributed by atoms with van der Waals surface area (Å²) in [4.78, 5) is 36.5. The number of amides is 1. The summed E-state index contributed by atoms with van der Waals surface area (Å²) < 4.78 is 9.54. The molecule has 41 heavy (non-hydrogen) atoms. The summed E-state index contributed by atoms with van der Waals surface area (Å²) in [6, 6.07) is 8.00. The van der Waals surface area contributed by atoms with Crippen LogP contribution in [0.2, 0.25) is 0 Å². The first-order valence-corrected chi connectivity index (χ1v) is 14.3. The van der Waals surface area contributed by atoms with E-state index in [-0.39, 0.29) is 12.5 Å². The summed E-state index contributed by atoms with van der Waals surface area (Å²) in [5.41, 5.74) is 6.60. The molecule has 0 aliphatic carbocycles. The highest BCUT2D eigenvalue weighted by Crippen LogP contribution is 2.37. The standard InChI is InChI=1S/C29H39N9O3/c1-18(2)22-31-19-9-6-7-10-20(19)38(22)27-33-23-21(24(34-27)36-13-15-41-16-14-36)32-26(35(23)5)29(40)11-8-12-37(17-29)28(3,4)25(30)39/h6-7,9-10,18,40H,8,11-17H2,1-5H3,(H2,30,39).